The molecule has 196 valence electrons. The van der Waals surface area contributed by atoms with Crippen LogP contribution in [0, 0.1) is 23.7 Å². The summed E-state index contributed by atoms with van der Waals surface area (Å²) in [5, 5.41) is 12.0. The maximum absolute atomic E-state index is 12.5. The van der Waals surface area contributed by atoms with Crippen LogP contribution in [0.15, 0.2) is 12.1 Å². The largest absolute Gasteiger partial charge is 0.493 e. The number of nitrogens with zero attached hydrogens (tertiary/aromatic N) is 1. The Morgan fingerprint density at radius 2 is 1.77 bits per heavy atom. The van der Waals surface area contributed by atoms with Crippen molar-refractivity contribution in [1.82, 2.24) is 10.2 Å². The van der Waals surface area contributed by atoms with Gasteiger partial charge >= 0.3 is 12.1 Å². The summed E-state index contributed by atoms with van der Waals surface area (Å²) >= 11 is 0. The molecule has 0 aromatic heterocycles. The number of nitrogens with one attached hydrogen (secondary N) is 1. The Balaban J connectivity index is 1.75. The van der Waals surface area contributed by atoms with Crippen LogP contribution in [0.25, 0.3) is 0 Å². The first-order chi connectivity index (χ1) is 16.6. The fourth-order valence-electron chi connectivity index (χ4n) is 5.64. The van der Waals surface area contributed by atoms with Gasteiger partial charge in [0.25, 0.3) is 0 Å². The molecule has 2 N–H and O–H groups in total. The third-order valence-corrected chi connectivity index (χ3v) is 7.28. The summed E-state index contributed by atoms with van der Waals surface area (Å²) < 4.78 is 16.7. The normalized spacial score (nSPS) is 22.8. The maximum Gasteiger partial charge on any atom is 0.407 e. The molecule has 0 spiro atoms. The molecular formula is C27H42N2O6. The van der Waals surface area contributed by atoms with Crippen LogP contribution in [0.3, 0.4) is 0 Å². The number of rotatable bonds is 10. The molecule has 1 aromatic carbocycles. The number of carboxylic acids is 1. The summed E-state index contributed by atoms with van der Waals surface area (Å²) in [5.74, 6) is 1.73. The number of fused-ring (bicyclic) bond motifs is 3. The van der Waals surface area contributed by atoms with Crippen molar-refractivity contribution in [1.29, 1.82) is 0 Å². The third-order valence-electron chi connectivity index (χ3n) is 7.28. The standard InChI is InChI=1S/C27H42N2O6/c1-16(2)9-19-14-29-8-7-18-12-24(33-5)25(34-6)13-21(18)23(29)11-20(19)15-35-27(32)28-22(26(30)31)10-17(3)4/h12-13,16-17,19-20,22-23H,7-11,14-15H2,1-6H3,(H,28,32)(H,30,31)/t19-,20+,22?,23-/m1/s1. The number of carboxylic acid groups (broad SMARTS) is 1. The van der Waals surface area contributed by atoms with E-state index in [0.29, 0.717) is 18.3 Å². The zero-order chi connectivity index (χ0) is 25.7. The molecule has 1 aromatic rings. The van der Waals surface area contributed by atoms with E-state index in [1.54, 1.807) is 14.2 Å². The lowest BCUT2D eigenvalue weighted by atomic mass is 9.74. The zero-order valence-electron chi connectivity index (χ0n) is 22.0. The van der Waals surface area contributed by atoms with Crippen molar-refractivity contribution in [2.45, 2.75) is 65.5 Å². The Hall–Kier alpha value is -2.48. The summed E-state index contributed by atoms with van der Waals surface area (Å²) in [6.07, 6.45) is 2.61. The molecule has 2 aliphatic rings. The van der Waals surface area contributed by atoms with Crippen LogP contribution in [-0.2, 0) is 16.0 Å². The average molecular weight is 491 g/mol. The van der Waals surface area contributed by atoms with Gasteiger partial charge in [-0.15, -0.1) is 0 Å². The van der Waals surface area contributed by atoms with Gasteiger partial charge < -0.3 is 24.6 Å². The molecule has 1 saturated heterocycles. The minimum absolute atomic E-state index is 0.151. The van der Waals surface area contributed by atoms with Gasteiger partial charge in [-0.3, -0.25) is 4.90 Å². The summed E-state index contributed by atoms with van der Waals surface area (Å²) in [7, 11) is 3.31. The van der Waals surface area contributed by atoms with E-state index >= 15 is 0 Å². The number of amides is 1. The van der Waals surface area contributed by atoms with Crippen molar-refractivity contribution >= 4 is 12.1 Å². The highest BCUT2D eigenvalue weighted by Gasteiger charge is 2.40. The van der Waals surface area contributed by atoms with E-state index in [1.807, 2.05) is 13.8 Å². The van der Waals surface area contributed by atoms with Crippen molar-refractivity contribution < 1.29 is 28.9 Å². The lowest BCUT2D eigenvalue weighted by Gasteiger charge is -2.47. The Labute approximate surface area is 209 Å². The number of piperidine rings is 1. The second-order valence-corrected chi connectivity index (χ2v) is 10.8. The number of benzene rings is 1. The highest BCUT2D eigenvalue weighted by Crippen LogP contribution is 2.45. The number of methoxy groups -OCH3 is 2. The summed E-state index contributed by atoms with van der Waals surface area (Å²) in [6, 6.07) is 3.47. The monoisotopic (exact) mass is 490 g/mol. The van der Waals surface area contributed by atoms with Gasteiger partial charge in [-0.05, 0) is 72.6 Å². The summed E-state index contributed by atoms with van der Waals surface area (Å²) in [6.45, 7) is 10.5. The van der Waals surface area contributed by atoms with E-state index in [4.69, 9.17) is 14.2 Å². The van der Waals surface area contributed by atoms with Crippen LogP contribution in [-0.4, -0.2) is 62.0 Å². The zero-order valence-corrected chi connectivity index (χ0v) is 22.0. The van der Waals surface area contributed by atoms with Crippen LogP contribution in [0.1, 0.15) is 64.1 Å². The second kappa shape index (κ2) is 12.0. The molecular weight excluding hydrogens is 448 g/mol. The highest BCUT2D eigenvalue weighted by atomic mass is 16.5. The molecule has 4 atom stereocenters. The third kappa shape index (κ3) is 6.81. The van der Waals surface area contributed by atoms with Crippen LogP contribution in [0.4, 0.5) is 4.79 Å². The topological polar surface area (TPSA) is 97.3 Å². The molecule has 8 nitrogen and oxygen atoms in total. The molecule has 8 heteroatoms. The quantitative estimate of drug-likeness (QED) is 0.498. The van der Waals surface area contributed by atoms with E-state index in [0.717, 1.165) is 43.9 Å². The van der Waals surface area contributed by atoms with Crippen molar-refractivity contribution in [2.24, 2.45) is 23.7 Å². The van der Waals surface area contributed by atoms with Crippen LogP contribution in [0.2, 0.25) is 0 Å². The number of ether oxygens (including phenoxy) is 3. The fourth-order valence-corrected chi connectivity index (χ4v) is 5.64. The van der Waals surface area contributed by atoms with Gasteiger partial charge in [-0.25, -0.2) is 9.59 Å². The first-order valence-electron chi connectivity index (χ1n) is 12.8. The van der Waals surface area contributed by atoms with Crippen LogP contribution in [0.5, 0.6) is 11.5 Å². The number of carbonyl (C=O) groups excluding carboxylic acids is 1. The van der Waals surface area contributed by atoms with E-state index in [2.05, 4.69) is 36.2 Å². The molecule has 0 saturated carbocycles. The van der Waals surface area contributed by atoms with Gasteiger partial charge in [0, 0.05) is 19.1 Å². The second-order valence-electron chi connectivity index (χ2n) is 10.8. The average Bonchev–Trinajstić information content (AvgIpc) is 2.80. The van der Waals surface area contributed by atoms with E-state index < -0.39 is 18.1 Å². The number of hydrogen-bond donors (Lipinski definition) is 2. The molecule has 35 heavy (non-hydrogen) atoms. The van der Waals surface area contributed by atoms with Gasteiger partial charge in [0.15, 0.2) is 11.5 Å². The van der Waals surface area contributed by atoms with Gasteiger partial charge in [-0.1, -0.05) is 27.7 Å². The first kappa shape index (κ1) is 27.1. The van der Waals surface area contributed by atoms with Gasteiger partial charge in [0.2, 0.25) is 0 Å². The van der Waals surface area contributed by atoms with Crippen LogP contribution < -0.4 is 14.8 Å². The minimum atomic E-state index is -1.04. The Morgan fingerprint density at radius 3 is 2.37 bits per heavy atom. The first-order valence-corrected chi connectivity index (χ1v) is 12.8. The Bertz CT molecular complexity index is 887. The van der Waals surface area contributed by atoms with Gasteiger partial charge in [0.05, 0.1) is 20.8 Å². The predicted octanol–water partition coefficient (Wildman–Crippen LogP) is 4.51. The Kier molecular flexibility index (Phi) is 9.27. The molecule has 1 unspecified atom stereocenters. The molecule has 1 fully saturated rings. The molecule has 2 heterocycles. The molecule has 1 amide bonds. The highest BCUT2D eigenvalue weighted by molar-refractivity contribution is 5.79. The number of hydrogen-bond acceptors (Lipinski definition) is 6. The molecule has 3 rings (SSSR count). The molecule has 0 bridgehead atoms. The summed E-state index contributed by atoms with van der Waals surface area (Å²) in [4.78, 5) is 26.6. The molecule has 0 aliphatic carbocycles. The summed E-state index contributed by atoms with van der Waals surface area (Å²) in [5.41, 5.74) is 2.54. The van der Waals surface area contributed by atoms with E-state index in [-0.39, 0.29) is 24.5 Å². The van der Waals surface area contributed by atoms with Crippen molar-refractivity contribution in [3.8, 4) is 11.5 Å². The number of aliphatic carboxylic acids is 1. The van der Waals surface area contributed by atoms with Crippen molar-refractivity contribution in [3.63, 3.8) is 0 Å². The lowest BCUT2D eigenvalue weighted by molar-refractivity contribution is -0.139. The number of alkyl carbamates (subject to hydrolysis) is 1. The molecule has 0 radical (unpaired) electrons. The molecule has 2 aliphatic heterocycles. The van der Waals surface area contributed by atoms with Crippen molar-refractivity contribution in [3.05, 3.63) is 23.3 Å². The van der Waals surface area contributed by atoms with Gasteiger partial charge in [-0.2, -0.15) is 0 Å². The Morgan fingerprint density at radius 1 is 1.09 bits per heavy atom. The lowest BCUT2D eigenvalue weighted by Crippen LogP contribution is -2.48. The fraction of sp³-hybridized carbons (Fsp3) is 0.704. The smallest absolute Gasteiger partial charge is 0.407 e. The SMILES string of the molecule is COc1cc2c(cc1OC)[C@H]1C[C@@H](COC(=O)NC(CC(C)C)C(=O)O)[C@H](CC(C)C)CN1CC2. The number of carbonyl (C=O) groups is 2. The van der Waals surface area contributed by atoms with Crippen LogP contribution >= 0.6 is 0 Å². The van der Waals surface area contributed by atoms with Gasteiger partial charge in [0.1, 0.15) is 6.04 Å². The maximum atomic E-state index is 12.5. The van der Waals surface area contributed by atoms with E-state index in [9.17, 15) is 14.7 Å². The minimum Gasteiger partial charge on any atom is -0.493 e. The predicted molar refractivity (Wildman–Crippen MR) is 134 cm³/mol. The van der Waals surface area contributed by atoms with E-state index in [1.165, 1.54) is 11.1 Å². The van der Waals surface area contributed by atoms with Crippen molar-refractivity contribution in [2.75, 3.05) is 33.9 Å².